The smallest absolute Gasteiger partial charge is 0.00760 e. The molecule has 0 saturated carbocycles. The number of hydrogen-bond donors (Lipinski definition) is 1. The third kappa shape index (κ3) is 2.26. The second-order valence-corrected chi connectivity index (χ2v) is 6.13. The SMILES string of the molecule is CC(C)c1ccc([C@H]2C[C@H]3CC[C@@H](C2)N3)cc1. The van der Waals surface area contributed by atoms with Crippen molar-refractivity contribution in [1.82, 2.24) is 5.32 Å². The molecule has 2 fully saturated rings. The average Bonchev–Trinajstić information content (AvgIpc) is 2.68. The van der Waals surface area contributed by atoms with Gasteiger partial charge in [0.25, 0.3) is 0 Å². The fourth-order valence-electron chi connectivity index (χ4n) is 3.48. The van der Waals surface area contributed by atoms with E-state index in [0.717, 1.165) is 18.0 Å². The van der Waals surface area contributed by atoms with Gasteiger partial charge in [-0.1, -0.05) is 38.1 Å². The van der Waals surface area contributed by atoms with Crippen LogP contribution in [-0.2, 0) is 0 Å². The molecule has 0 aromatic heterocycles. The Morgan fingerprint density at radius 3 is 2.12 bits per heavy atom. The summed E-state index contributed by atoms with van der Waals surface area (Å²) in [7, 11) is 0. The maximum absolute atomic E-state index is 3.72. The maximum Gasteiger partial charge on any atom is 0.00760 e. The standard InChI is InChI=1S/C16H23N/c1-11(2)12-3-5-13(6-4-12)14-9-15-7-8-16(10-14)17-15/h3-6,11,14-17H,7-10H2,1-2H3/t14-,15+,16-. The first kappa shape index (κ1) is 11.3. The Morgan fingerprint density at radius 1 is 1.00 bits per heavy atom. The van der Waals surface area contributed by atoms with Crippen molar-refractivity contribution in [3.05, 3.63) is 35.4 Å². The Balaban J connectivity index is 1.75. The first-order valence-electron chi connectivity index (χ1n) is 7.08. The Hall–Kier alpha value is -0.820. The Bertz CT molecular complexity index is 367. The summed E-state index contributed by atoms with van der Waals surface area (Å²) in [5.74, 6) is 1.45. The van der Waals surface area contributed by atoms with E-state index in [9.17, 15) is 0 Å². The highest BCUT2D eigenvalue weighted by molar-refractivity contribution is 5.28. The van der Waals surface area contributed by atoms with E-state index < -0.39 is 0 Å². The summed E-state index contributed by atoms with van der Waals surface area (Å²) < 4.78 is 0. The zero-order valence-electron chi connectivity index (χ0n) is 10.9. The second kappa shape index (κ2) is 4.45. The van der Waals surface area contributed by atoms with Gasteiger partial charge in [-0.25, -0.2) is 0 Å². The molecule has 0 spiro atoms. The number of nitrogens with one attached hydrogen (secondary N) is 1. The Kier molecular flexibility index (Phi) is 2.96. The van der Waals surface area contributed by atoms with Gasteiger partial charge in [-0.15, -0.1) is 0 Å². The molecule has 2 saturated heterocycles. The van der Waals surface area contributed by atoms with Crippen molar-refractivity contribution < 1.29 is 0 Å². The molecule has 92 valence electrons. The molecule has 17 heavy (non-hydrogen) atoms. The zero-order valence-corrected chi connectivity index (χ0v) is 10.9. The van der Waals surface area contributed by atoms with Crippen LogP contribution in [0.25, 0.3) is 0 Å². The van der Waals surface area contributed by atoms with E-state index in [0.29, 0.717) is 5.92 Å². The van der Waals surface area contributed by atoms with E-state index >= 15 is 0 Å². The molecular weight excluding hydrogens is 206 g/mol. The molecule has 1 N–H and O–H groups in total. The quantitative estimate of drug-likeness (QED) is 0.813. The summed E-state index contributed by atoms with van der Waals surface area (Å²) in [4.78, 5) is 0. The highest BCUT2D eigenvalue weighted by Crippen LogP contribution is 2.37. The van der Waals surface area contributed by atoms with Gasteiger partial charge in [-0.2, -0.15) is 0 Å². The zero-order chi connectivity index (χ0) is 11.8. The summed E-state index contributed by atoms with van der Waals surface area (Å²) >= 11 is 0. The van der Waals surface area contributed by atoms with E-state index in [-0.39, 0.29) is 0 Å². The van der Waals surface area contributed by atoms with Crippen molar-refractivity contribution in [2.45, 2.75) is 63.5 Å². The van der Waals surface area contributed by atoms with Crippen LogP contribution in [0, 0.1) is 0 Å². The summed E-state index contributed by atoms with van der Waals surface area (Å²) in [5.41, 5.74) is 3.03. The lowest BCUT2D eigenvalue weighted by Crippen LogP contribution is -2.37. The van der Waals surface area contributed by atoms with Crippen LogP contribution in [0.5, 0.6) is 0 Å². The molecule has 0 radical (unpaired) electrons. The van der Waals surface area contributed by atoms with Crippen molar-refractivity contribution >= 4 is 0 Å². The normalized spacial score (nSPS) is 32.1. The van der Waals surface area contributed by atoms with Crippen LogP contribution in [0.15, 0.2) is 24.3 Å². The van der Waals surface area contributed by atoms with E-state index in [4.69, 9.17) is 0 Å². The lowest BCUT2D eigenvalue weighted by atomic mass is 9.85. The van der Waals surface area contributed by atoms with Crippen LogP contribution in [0.2, 0.25) is 0 Å². The van der Waals surface area contributed by atoms with Crippen molar-refractivity contribution in [2.24, 2.45) is 0 Å². The molecule has 1 nitrogen and oxygen atoms in total. The molecule has 2 aliphatic rings. The summed E-state index contributed by atoms with van der Waals surface area (Å²) in [6.07, 6.45) is 5.48. The number of rotatable bonds is 2. The molecule has 2 heterocycles. The largest absolute Gasteiger partial charge is 0.311 e. The predicted octanol–water partition coefficient (Wildman–Crippen LogP) is 3.81. The number of piperidine rings is 1. The molecule has 3 rings (SSSR count). The highest BCUT2D eigenvalue weighted by Gasteiger charge is 2.33. The molecule has 0 aliphatic carbocycles. The van der Waals surface area contributed by atoms with Crippen LogP contribution >= 0.6 is 0 Å². The predicted molar refractivity (Wildman–Crippen MR) is 72.5 cm³/mol. The summed E-state index contributed by atoms with van der Waals surface area (Å²) in [6.45, 7) is 4.53. The van der Waals surface area contributed by atoms with Gasteiger partial charge < -0.3 is 5.32 Å². The lowest BCUT2D eigenvalue weighted by Gasteiger charge is -2.29. The fourth-order valence-corrected chi connectivity index (χ4v) is 3.48. The van der Waals surface area contributed by atoms with Crippen LogP contribution in [0.3, 0.4) is 0 Å². The Morgan fingerprint density at radius 2 is 1.59 bits per heavy atom. The van der Waals surface area contributed by atoms with E-state index in [1.54, 1.807) is 5.56 Å². The molecule has 3 atom stereocenters. The second-order valence-electron chi connectivity index (χ2n) is 6.13. The molecule has 1 aromatic carbocycles. The Labute approximate surface area is 105 Å². The number of hydrogen-bond acceptors (Lipinski definition) is 1. The molecular formula is C16H23N. The van der Waals surface area contributed by atoms with Gasteiger partial charge in [0.1, 0.15) is 0 Å². The van der Waals surface area contributed by atoms with Crippen LogP contribution in [0.1, 0.15) is 62.5 Å². The van der Waals surface area contributed by atoms with Crippen LogP contribution in [0.4, 0.5) is 0 Å². The number of benzene rings is 1. The van der Waals surface area contributed by atoms with Gasteiger partial charge in [0.15, 0.2) is 0 Å². The topological polar surface area (TPSA) is 12.0 Å². The van der Waals surface area contributed by atoms with Gasteiger partial charge in [0, 0.05) is 12.1 Å². The minimum absolute atomic E-state index is 0.647. The van der Waals surface area contributed by atoms with Gasteiger partial charge >= 0.3 is 0 Å². The highest BCUT2D eigenvalue weighted by atomic mass is 15.0. The fraction of sp³-hybridized carbons (Fsp3) is 0.625. The van der Waals surface area contributed by atoms with E-state index in [1.807, 2.05) is 0 Å². The summed E-state index contributed by atoms with van der Waals surface area (Å²) in [6, 6.07) is 11.0. The van der Waals surface area contributed by atoms with Gasteiger partial charge in [0.2, 0.25) is 0 Å². The minimum Gasteiger partial charge on any atom is -0.311 e. The third-order valence-corrected chi connectivity index (χ3v) is 4.55. The van der Waals surface area contributed by atoms with Gasteiger partial charge in [0.05, 0.1) is 0 Å². The van der Waals surface area contributed by atoms with Crippen molar-refractivity contribution in [2.75, 3.05) is 0 Å². The van der Waals surface area contributed by atoms with E-state index in [1.165, 1.54) is 31.2 Å². The number of fused-ring (bicyclic) bond motifs is 2. The van der Waals surface area contributed by atoms with Crippen LogP contribution < -0.4 is 5.32 Å². The molecule has 0 unspecified atom stereocenters. The first-order chi connectivity index (χ1) is 8.22. The van der Waals surface area contributed by atoms with Crippen molar-refractivity contribution in [1.29, 1.82) is 0 Å². The maximum atomic E-state index is 3.72. The van der Waals surface area contributed by atoms with Gasteiger partial charge in [-0.05, 0) is 48.6 Å². The molecule has 1 aromatic rings. The first-order valence-corrected chi connectivity index (χ1v) is 7.08. The average molecular weight is 229 g/mol. The third-order valence-electron chi connectivity index (χ3n) is 4.55. The lowest BCUT2D eigenvalue weighted by molar-refractivity contribution is 0.363. The van der Waals surface area contributed by atoms with E-state index in [2.05, 4.69) is 43.4 Å². The van der Waals surface area contributed by atoms with Crippen molar-refractivity contribution in [3.63, 3.8) is 0 Å². The van der Waals surface area contributed by atoms with Crippen molar-refractivity contribution in [3.8, 4) is 0 Å². The summed E-state index contributed by atoms with van der Waals surface area (Å²) in [5, 5.41) is 3.72. The molecule has 2 bridgehead atoms. The molecule has 2 aliphatic heterocycles. The molecule has 1 heteroatoms. The molecule has 0 amide bonds. The van der Waals surface area contributed by atoms with Crippen LogP contribution in [-0.4, -0.2) is 12.1 Å². The minimum atomic E-state index is 0.647. The van der Waals surface area contributed by atoms with Gasteiger partial charge in [-0.3, -0.25) is 0 Å². The monoisotopic (exact) mass is 229 g/mol.